The van der Waals surface area contributed by atoms with Crippen molar-refractivity contribution in [3.05, 3.63) is 69.9 Å². The van der Waals surface area contributed by atoms with E-state index in [4.69, 9.17) is 0 Å². The Kier molecular flexibility index (Phi) is 4.29. The molecule has 0 aliphatic rings. The average molecular weight is 294 g/mol. The monoisotopic (exact) mass is 293 g/mol. The van der Waals surface area contributed by atoms with Gasteiger partial charge in [-0.15, -0.1) is 0 Å². The fraction of sp³-hybridized carbons (Fsp3) is 0.143. The van der Waals surface area contributed by atoms with Gasteiger partial charge in [0.15, 0.2) is 0 Å². The number of nitrogens with one attached hydrogen (secondary N) is 1. The van der Waals surface area contributed by atoms with Gasteiger partial charge in [0, 0.05) is 17.6 Å². The Morgan fingerprint density at radius 2 is 1.65 bits per heavy atom. The van der Waals surface area contributed by atoms with Crippen molar-refractivity contribution in [2.45, 2.75) is 13.1 Å². The molecule has 0 aliphatic carbocycles. The van der Waals surface area contributed by atoms with Crippen molar-refractivity contribution in [3.8, 4) is 0 Å². The highest BCUT2D eigenvalue weighted by molar-refractivity contribution is 9.10. The molecule has 0 saturated carbocycles. The zero-order valence-electron chi connectivity index (χ0n) is 9.29. The molecule has 0 unspecified atom stereocenters. The molecule has 3 heteroatoms. The summed E-state index contributed by atoms with van der Waals surface area (Å²) in [4.78, 5) is 0. The van der Waals surface area contributed by atoms with Crippen molar-refractivity contribution in [1.29, 1.82) is 0 Å². The van der Waals surface area contributed by atoms with Crippen molar-refractivity contribution in [3.63, 3.8) is 0 Å². The van der Waals surface area contributed by atoms with Crippen LogP contribution >= 0.6 is 15.9 Å². The van der Waals surface area contributed by atoms with Crippen LogP contribution in [-0.2, 0) is 13.1 Å². The molecule has 17 heavy (non-hydrogen) atoms. The molecule has 0 aromatic heterocycles. The number of rotatable bonds is 4. The zero-order chi connectivity index (χ0) is 12.1. The van der Waals surface area contributed by atoms with Crippen LogP contribution in [0.2, 0.25) is 0 Å². The van der Waals surface area contributed by atoms with Crippen LogP contribution in [0.25, 0.3) is 0 Å². The largest absolute Gasteiger partial charge is 0.309 e. The van der Waals surface area contributed by atoms with E-state index in [1.165, 1.54) is 11.6 Å². The first-order valence-corrected chi connectivity index (χ1v) is 6.23. The molecule has 0 bridgehead atoms. The smallest absolute Gasteiger partial charge is 0.124 e. The Morgan fingerprint density at radius 3 is 2.35 bits per heavy atom. The normalized spacial score (nSPS) is 10.5. The lowest BCUT2D eigenvalue weighted by molar-refractivity contribution is 0.619. The Hall–Kier alpha value is -1.19. The van der Waals surface area contributed by atoms with E-state index in [1.54, 1.807) is 6.07 Å². The number of hydrogen-bond acceptors (Lipinski definition) is 1. The molecule has 0 aliphatic heterocycles. The van der Waals surface area contributed by atoms with Crippen LogP contribution in [0, 0.1) is 5.82 Å². The fourth-order valence-electron chi connectivity index (χ4n) is 1.66. The topological polar surface area (TPSA) is 12.0 Å². The molecule has 1 nitrogen and oxygen atoms in total. The highest BCUT2D eigenvalue weighted by Crippen LogP contribution is 2.14. The van der Waals surface area contributed by atoms with Crippen LogP contribution in [0.15, 0.2) is 53.0 Å². The van der Waals surface area contributed by atoms with Crippen molar-refractivity contribution in [1.82, 2.24) is 5.32 Å². The molecule has 2 aromatic carbocycles. The maximum absolute atomic E-state index is 13.1. The maximum Gasteiger partial charge on any atom is 0.124 e. The molecule has 0 heterocycles. The second-order valence-corrected chi connectivity index (χ2v) is 4.78. The van der Waals surface area contributed by atoms with Crippen LogP contribution in [0.3, 0.4) is 0 Å². The van der Waals surface area contributed by atoms with E-state index >= 15 is 0 Å². The number of halogens is 2. The molecule has 0 radical (unpaired) electrons. The van der Waals surface area contributed by atoms with Gasteiger partial charge in [0.2, 0.25) is 0 Å². The average Bonchev–Trinajstić information content (AvgIpc) is 2.29. The molecule has 0 atom stereocenters. The number of hydrogen-bond donors (Lipinski definition) is 1. The van der Waals surface area contributed by atoms with E-state index in [0.717, 1.165) is 16.6 Å². The summed E-state index contributed by atoms with van der Waals surface area (Å²) < 4.78 is 13.9. The predicted molar refractivity (Wildman–Crippen MR) is 71.1 cm³/mol. The summed E-state index contributed by atoms with van der Waals surface area (Å²) in [7, 11) is 0. The van der Waals surface area contributed by atoms with Gasteiger partial charge < -0.3 is 5.32 Å². The summed E-state index contributed by atoms with van der Waals surface area (Å²) in [5.41, 5.74) is 2.16. The van der Waals surface area contributed by atoms with E-state index in [2.05, 4.69) is 33.4 Å². The quantitative estimate of drug-likeness (QED) is 0.902. The molecule has 0 saturated heterocycles. The zero-order valence-corrected chi connectivity index (χ0v) is 10.9. The van der Waals surface area contributed by atoms with Crippen LogP contribution < -0.4 is 5.32 Å². The summed E-state index contributed by atoms with van der Waals surface area (Å²) in [5, 5.41) is 3.28. The minimum Gasteiger partial charge on any atom is -0.309 e. The minimum atomic E-state index is -0.212. The SMILES string of the molecule is Fc1cc(Br)cc(CNCc2ccccc2)c1. The molecule has 1 N–H and O–H groups in total. The molecule has 0 fully saturated rings. The number of benzene rings is 2. The first-order valence-electron chi connectivity index (χ1n) is 5.43. The Morgan fingerprint density at radius 1 is 0.941 bits per heavy atom. The summed E-state index contributed by atoms with van der Waals surface area (Å²) in [6, 6.07) is 15.1. The van der Waals surface area contributed by atoms with Gasteiger partial charge in [-0.2, -0.15) is 0 Å². The molecule has 2 rings (SSSR count). The van der Waals surface area contributed by atoms with Crippen molar-refractivity contribution >= 4 is 15.9 Å². The summed E-state index contributed by atoms with van der Waals surface area (Å²) >= 11 is 3.28. The summed E-state index contributed by atoms with van der Waals surface area (Å²) in [5.74, 6) is -0.212. The minimum absolute atomic E-state index is 0.212. The molecular formula is C14H13BrFN. The lowest BCUT2D eigenvalue weighted by atomic mass is 10.2. The van der Waals surface area contributed by atoms with Gasteiger partial charge in [-0.3, -0.25) is 0 Å². The van der Waals surface area contributed by atoms with Gasteiger partial charge in [-0.25, -0.2) is 4.39 Å². The molecule has 88 valence electrons. The Labute approximate surface area is 109 Å². The van der Waals surface area contributed by atoms with Gasteiger partial charge in [0.05, 0.1) is 0 Å². The maximum atomic E-state index is 13.1. The van der Waals surface area contributed by atoms with Gasteiger partial charge in [0.25, 0.3) is 0 Å². The van der Waals surface area contributed by atoms with Crippen LogP contribution in [-0.4, -0.2) is 0 Å². The van der Waals surface area contributed by atoms with E-state index < -0.39 is 0 Å². The molecule has 0 spiro atoms. The van der Waals surface area contributed by atoms with Crippen LogP contribution in [0.5, 0.6) is 0 Å². The second kappa shape index (κ2) is 5.94. The molecular weight excluding hydrogens is 281 g/mol. The summed E-state index contributed by atoms with van der Waals surface area (Å²) in [6.45, 7) is 1.44. The van der Waals surface area contributed by atoms with Crippen molar-refractivity contribution in [2.75, 3.05) is 0 Å². The van der Waals surface area contributed by atoms with Crippen molar-refractivity contribution < 1.29 is 4.39 Å². The second-order valence-electron chi connectivity index (χ2n) is 3.87. The standard InChI is InChI=1S/C14H13BrFN/c15-13-6-12(7-14(16)8-13)10-17-9-11-4-2-1-3-5-11/h1-8,17H,9-10H2. The lowest BCUT2D eigenvalue weighted by Crippen LogP contribution is -2.12. The highest BCUT2D eigenvalue weighted by atomic mass is 79.9. The molecule has 2 aromatic rings. The van der Waals surface area contributed by atoms with E-state index in [1.807, 2.05) is 24.3 Å². The highest BCUT2D eigenvalue weighted by Gasteiger charge is 1.99. The van der Waals surface area contributed by atoms with Crippen LogP contribution in [0.4, 0.5) is 4.39 Å². The van der Waals surface area contributed by atoms with Crippen LogP contribution in [0.1, 0.15) is 11.1 Å². The Balaban J connectivity index is 1.90. The lowest BCUT2D eigenvalue weighted by Gasteiger charge is -2.06. The van der Waals surface area contributed by atoms with Gasteiger partial charge in [0.1, 0.15) is 5.82 Å². The summed E-state index contributed by atoms with van der Waals surface area (Å²) in [6.07, 6.45) is 0. The third-order valence-electron chi connectivity index (χ3n) is 2.42. The van der Waals surface area contributed by atoms with E-state index in [-0.39, 0.29) is 5.82 Å². The first kappa shape index (κ1) is 12.3. The predicted octanol–water partition coefficient (Wildman–Crippen LogP) is 3.88. The fourth-order valence-corrected chi connectivity index (χ4v) is 2.17. The van der Waals surface area contributed by atoms with Gasteiger partial charge >= 0.3 is 0 Å². The molecule has 0 amide bonds. The van der Waals surface area contributed by atoms with Gasteiger partial charge in [-0.05, 0) is 29.3 Å². The third kappa shape index (κ3) is 3.95. The third-order valence-corrected chi connectivity index (χ3v) is 2.88. The van der Waals surface area contributed by atoms with Crippen molar-refractivity contribution in [2.24, 2.45) is 0 Å². The van der Waals surface area contributed by atoms with E-state index in [9.17, 15) is 4.39 Å². The first-order chi connectivity index (χ1) is 8.24. The van der Waals surface area contributed by atoms with E-state index in [0.29, 0.717) is 6.54 Å². The Bertz CT molecular complexity index is 465. The van der Waals surface area contributed by atoms with Gasteiger partial charge in [-0.1, -0.05) is 46.3 Å².